The molecule has 2 rings (SSSR count). The summed E-state index contributed by atoms with van der Waals surface area (Å²) < 4.78 is 17.8. The molecule has 2 aliphatic carbocycles. The number of hydrogen-bond acceptors (Lipinski definition) is 9. The molecule has 2 unspecified atom stereocenters. The summed E-state index contributed by atoms with van der Waals surface area (Å²) in [5.74, 6) is 5.71. The van der Waals surface area contributed by atoms with Gasteiger partial charge in [-0.25, -0.2) is 0 Å². The second-order valence-corrected chi connectivity index (χ2v) is 20.5. The molecule has 9 heteroatoms. The van der Waals surface area contributed by atoms with Crippen LogP contribution in [0.5, 0.6) is 0 Å². The third kappa shape index (κ3) is 32.8. The number of rotatable bonds is 41. The molecule has 7 nitrogen and oxygen atoms in total. The van der Waals surface area contributed by atoms with E-state index in [0.29, 0.717) is 26.1 Å². The van der Waals surface area contributed by atoms with E-state index in [1.165, 1.54) is 154 Å². The monoisotopic (exact) mass is 870 g/mol. The van der Waals surface area contributed by atoms with Gasteiger partial charge in [-0.3, -0.25) is 9.59 Å². The molecule has 2 saturated carbocycles. The minimum atomic E-state index is 0.0365. The molecule has 0 radical (unpaired) electrons. The van der Waals surface area contributed by atoms with E-state index in [4.69, 9.17) is 19.3 Å². The lowest BCUT2D eigenvalue weighted by atomic mass is 9.86. The molecular formula is C50H95NO6S2. The zero-order valence-corrected chi connectivity index (χ0v) is 40.4. The Morgan fingerprint density at radius 1 is 0.559 bits per heavy atom. The van der Waals surface area contributed by atoms with Crippen LogP contribution in [-0.4, -0.2) is 96.6 Å². The van der Waals surface area contributed by atoms with Gasteiger partial charge in [0.1, 0.15) is 12.2 Å². The average Bonchev–Trinajstić information content (AvgIpc) is 3.25. The molecule has 2 aliphatic rings. The lowest BCUT2D eigenvalue weighted by Crippen LogP contribution is -2.30. The van der Waals surface area contributed by atoms with Gasteiger partial charge in [-0.2, -0.15) is 23.5 Å². The minimum Gasteiger partial charge on any atom is -0.461 e. The standard InChI is InChI=1S/C50H95NO6S2/c1-3-5-7-19-29-47(56-49(53)33-31-45-25-15-13-16-26-45)43-58-41-23-11-9-21-35-51(37-39-55-40-38-52)36-22-10-12-24-42-59-44-48(30-20-8-6-4-2)57-50(54)34-32-46-27-17-14-18-28-46/h45-48,52H,3-44H2,1-2H3. The van der Waals surface area contributed by atoms with Gasteiger partial charge in [0.15, 0.2) is 0 Å². The van der Waals surface area contributed by atoms with Crippen LogP contribution in [0.4, 0.5) is 0 Å². The number of ether oxygens (including phenoxy) is 3. The number of esters is 2. The van der Waals surface area contributed by atoms with Gasteiger partial charge in [-0.15, -0.1) is 0 Å². The van der Waals surface area contributed by atoms with Gasteiger partial charge in [0.05, 0.1) is 19.8 Å². The summed E-state index contributed by atoms with van der Waals surface area (Å²) in [5, 5.41) is 9.16. The van der Waals surface area contributed by atoms with Crippen molar-refractivity contribution in [3.63, 3.8) is 0 Å². The predicted octanol–water partition coefficient (Wildman–Crippen LogP) is 13.4. The third-order valence-electron chi connectivity index (χ3n) is 12.7. The summed E-state index contributed by atoms with van der Waals surface area (Å²) in [6, 6.07) is 0. The molecule has 0 amide bonds. The van der Waals surface area contributed by atoms with Crippen LogP contribution in [0.3, 0.4) is 0 Å². The first-order valence-electron chi connectivity index (χ1n) is 25.5. The Morgan fingerprint density at radius 2 is 1.00 bits per heavy atom. The van der Waals surface area contributed by atoms with E-state index >= 15 is 0 Å². The molecule has 0 heterocycles. The minimum absolute atomic E-state index is 0.0365. The summed E-state index contributed by atoms with van der Waals surface area (Å²) in [6.45, 7) is 8.85. The highest BCUT2D eigenvalue weighted by Crippen LogP contribution is 2.29. The van der Waals surface area contributed by atoms with Crippen molar-refractivity contribution < 1.29 is 28.9 Å². The third-order valence-corrected chi connectivity index (χ3v) is 15.1. The van der Waals surface area contributed by atoms with E-state index in [1.807, 2.05) is 23.5 Å². The SMILES string of the molecule is CCCCCCC(CSCCCCCCN(CCCCCCSCC(CCCCCC)OC(=O)CCC1CCCCC1)CCOCCO)OC(=O)CCC1CCCCC1. The number of carbonyl (C=O) groups excluding carboxylic acids is 2. The van der Waals surface area contributed by atoms with Crippen LogP contribution in [0.1, 0.15) is 219 Å². The summed E-state index contributed by atoms with van der Waals surface area (Å²) >= 11 is 3.96. The van der Waals surface area contributed by atoms with Crippen LogP contribution >= 0.6 is 23.5 Å². The maximum atomic E-state index is 12.8. The first-order valence-corrected chi connectivity index (χ1v) is 27.8. The second kappa shape index (κ2) is 40.3. The van der Waals surface area contributed by atoms with E-state index in [1.54, 1.807) is 0 Å². The van der Waals surface area contributed by atoms with Gasteiger partial charge < -0.3 is 24.2 Å². The lowest BCUT2D eigenvalue weighted by molar-refractivity contribution is -0.149. The molecule has 0 aliphatic heterocycles. The highest BCUT2D eigenvalue weighted by atomic mass is 32.2. The van der Waals surface area contributed by atoms with E-state index in [2.05, 4.69) is 18.7 Å². The molecule has 0 aromatic heterocycles. The highest BCUT2D eigenvalue weighted by Gasteiger charge is 2.20. The fourth-order valence-corrected chi connectivity index (χ4v) is 11.1. The molecule has 0 saturated heterocycles. The van der Waals surface area contributed by atoms with Crippen LogP contribution in [0.25, 0.3) is 0 Å². The first-order chi connectivity index (χ1) is 29.0. The molecule has 0 spiro atoms. The number of nitrogens with zero attached hydrogens (tertiary/aromatic N) is 1. The number of aliphatic hydroxyl groups excluding tert-OH is 1. The van der Waals surface area contributed by atoms with Gasteiger partial charge in [-0.1, -0.05) is 142 Å². The zero-order chi connectivity index (χ0) is 42.3. The van der Waals surface area contributed by atoms with Gasteiger partial charge in [0.25, 0.3) is 0 Å². The van der Waals surface area contributed by atoms with E-state index < -0.39 is 0 Å². The Morgan fingerprint density at radius 3 is 1.44 bits per heavy atom. The van der Waals surface area contributed by atoms with E-state index in [9.17, 15) is 9.59 Å². The quantitative estimate of drug-likeness (QED) is 0.0477. The van der Waals surface area contributed by atoms with Crippen molar-refractivity contribution >= 4 is 35.5 Å². The number of unbranched alkanes of at least 4 members (excludes halogenated alkanes) is 12. The van der Waals surface area contributed by atoms with Crippen molar-refractivity contribution in [2.45, 2.75) is 232 Å². The van der Waals surface area contributed by atoms with Crippen molar-refractivity contribution in [1.82, 2.24) is 4.90 Å². The molecular weight excluding hydrogens is 775 g/mol. The van der Waals surface area contributed by atoms with E-state index in [0.717, 1.165) is 93.0 Å². The molecule has 2 fully saturated rings. The average molecular weight is 870 g/mol. The fraction of sp³-hybridized carbons (Fsp3) is 0.960. The van der Waals surface area contributed by atoms with Crippen LogP contribution in [0, 0.1) is 11.8 Å². The molecule has 59 heavy (non-hydrogen) atoms. The van der Waals surface area contributed by atoms with Gasteiger partial charge in [0.2, 0.25) is 0 Å². The first kappa shape index (κ1) is 54.7. The fourth-order valence-electron chi connectivity index (χ4n) is 8.95. The number of carbonyl (C=O) groups is 2. The zero-order valence-electron chi connectivity index (χ0n) is 38.8. The Labute approximate surface area is 373 Å². The molecule has 0 bridgehead atoms. The largest absolute Gasteiger partial charge is 0.461 e. The topological polar surface area (TPSA) is 85.3 Å². The summed E-state index contributed by atoms with van der Waals surface area (Å²) in [6.07, 6.45) is 38.3. The van der Waals surface area contributed by atoms with Crippen molar-refractivity contribution in [2.75, 3.05) is 62.5 Å². The lowest BCUT2D eigenvalue weighted by Gasteiger charge is -2.22. The Hall–Kier alpha value is -0.480. The normalized spacial score (nSPS) is 16.4. The number of hydrogen-bond donors (Lipinski definition) is 1. The van der Waals surface area contributed by atoms with Crippen LogP contribution < -0.4 is 0 Å². The number of aliphatic hydroxyl groups is 1. The molecule has 0 aromatic rings. The molecule has 348 valence electrons. The van der Waals surface area contributed by atoms with Gasteiger partial charge in [0, 0.05) is 30.9 Å². The Kier molecular flexibility index (Phi) is 37.3. The Balaban J connectivity index is 1.59. The summed E-state index contributed by atoms with van der Waals surface area (Å²) in [5.41, 5.74) is 0. The van der Waals surface area contributed by atoms with Gasteiger partial charge in [-0.05, 0) is 101 Å². The summed E-state index contributed by atoms with van der Waals surface area (Å²) in [7, 11) is 0. The van der Waals surface area contributed by atoms with Crippen LogP contribution in [-0.2, 0) is 23.8 Å². The van der Waals surface area contributed by atoms with Crippen LogP contribution in [0.2, 0.25) is 0 Å². The smallest absolute Gasteiger partial charge is 0.306 e. The maximum Gasteiger partial charge on any atom is 0.306 e. The summed E-state index contributed by atoms with van der Waals surface area (Å²) in [4.78, 5) is 28.1. The molecule has 1 N–H and O–H groups in total. The van der Waals surface area contributed by atoms with Crippen molar-refractivity contribution in [1.29, 1.82) is 0 Å². The van der Waals surface area contributed by atoms with Crippen molar-refractivity contribution in [3.8, 4) is 0 Å². The Bertz CT molecular complexity index is 878. The van der Waals surface area contributed by atoms with Crippen molar-refractivity contribution in [2.24, 2.45) is 11.8 Å². The predicted molar refractivity (Wildman–Crippen MR) is 255 cm³/mol. The maximum absolute atomic E-state index is 12.8. The van der Waals surface area contributed by atoms with E-state index in [-0.39, 0.29) is 30.8 Å². The highest BCUT2D eigenvalue weighted by molar-refractivity contribution is 7.99. The number of thioether (sulfide) groups is 2. The van der Waals surface area contributed by atoms with Crippen LogP contribution in [0.15, 0.2) is 0 Å². The van der Waals surface area contributed by atoms with Crippen molar-refractivity contribution in [3.05, 3.63) is 0 Å². The molecule has 2 atom stereocenters. The molecule has 0 aromatic carbocycles. The van der Waals surface area contributed by atoms with Gasteiger partial charge >= 0.3 is 11.9 Å². The second-order valence-electron chi connectivity index (χ2n) is 18.2.